The summed E-state index contributed by atoms with van der Waals surface area (Å²) in [5, 5.41) is 3.30. The maximum absolute atomic E-state index is 5.78. The molecule has 0 spiro atoms. The second-order valence-corrected chi connectivity index (χ2v) is 4.76. The first kappa shape index (κ1) is 12.9. The molecular weight excluding hydrogens is 252 g/mol. The normalized spacial score (nSPS) is 14.2. The lowest BCUT2D eigenvalue weighted by Crippen LogP contribution is -2.21. The molecule has 20 heavy (non-hydrogen) atoms. The number of aliphatic imine (C=N–C) groups is 1. The maximum Gasteiger partial charge on any atom is 0.134 e. The van der Waals surface area contributed by atoms with Crippen molar-refractivity contribution in [3.05, 3.63) is 53.6 Å². The van der Waals surface area contributed by atoms with Gasteiger partial charge in [-0.25, -0.2) is 4.98 Å². The van der Waals surface area contributed by atoms with Gasteiger partial charge in [-0.15, -0.1) is 0 Å². The van der Waals surface area contributed by atoms with E-state index in [0.717, 1.165) is 35.9 Å². The molecule has 0 radical (unpaired) electrons. The molecule has 0 atom stereocenters. The third-order valence-electron chi connectivity index (χ3n) is 3.36. The van der Waals surface area contributed by atoms with Gasteiger partial charge in [0.1, 0.15) is 18.3 Å². The van der Waals surface area contributed by atoms with Crippen LogP contribution in [0.1, 0.15) is 17.0 Å². The monoisotopic (exact) mass is 270 g/mol. The lowest BCUT2D eigenvalue weighted by atomic mass is 10.1. The molecule has 3 rings (SSSR count). The highest BCUT2D eigenvalue weighted by Gasteiger charge is 2.12. The average molecular weight is 270 g/mol. The van der Waals surface area contributed by atoms with E-state index >= 15 is 0 Å². The molecule has 1 aromatic heterocycles. The highest BCUT2D eigenvalue weighted by molar-refractivity contribution is 6.00. The molecule has 0 bridgehead atoms. The van der Waals surface area contributed by atoms with Crippen molar-refractivity contribution >= 4 is 5.84 Å². The van der Waals surface area contributed by atoms with Crippen molar-refractivity contribution in [2.24, 2.45) is 12.0 Å². The van der Waals surface area contributed by atoms with Gasteiger partial charge in [0.25, 0.3) is 0 Å². The Morgan fingerprint density at radius 1 is 1.30 bits per heavy atom. The van der Waals surface area contributed by atoms with E-state index in [1.54, 1.807) is 6.20 Å². The van der Waals surface area contributed by atoms with Crippen LogP contribution in [0, 0.1) is 0 Å². The molecule has 1 aromatic carbocycles. The zero-order valence-corrected chi connectivity index (χ0v) is 11.5. The van der Waals surface area contributed by atoms with E-state index < -0.39 is 0 Å². The van der Waals surface area contributed by atoms with Crippen LogP contribution in [0.3, 0.4) is 0 Å². The second-order valence-electron chi connectivity index (χ2n) is 4.76. The summed E-state index contributed by atoms with van der Waals surface area (Å²) < 4.78 is 7.75. The highest BCUT2D eigenvalue weighted by Crippen LogP contribution is 2.13. The Labute approximate surface area is 118 Å². The molecule has 1 aliphatic rings. The minimum absolute atomic E-state index is 0.512. The van der Waals surface area contributed by atoms with Gasteiger partial charge in [0, 0.05) is 31.5 Å². The van der Waals surface area contributed by atoms with Crippen LogP contribution in [-0.4, -0.2) is 28.5 Å². The summed E-state index contributed by atoms with van der Waals surface area (Å²) in [5.41, 5.74) is 2.28. The van der Waals surface area contributed by atoms with Crippen LogP contribution in [0.25, 0.3) is 0 Å². The summed E-state index contributed by atoms with van der Waals surface area (Å²) in [5.74, 6) is 1.90. The quantitative estimate of drug-likeness (QED) is 0.895. The molecule has 0 amide bonds. The van der Waals surface area contributed by atoms with Crippen molar-refractivity contribution < 1.29 is 4.74 Å². The number of imidazole rings is 1. The van der Waals surface area contributed by atoms with E-state index in [4.69, 9.17) is 4.74 Å². The van der Waals surface area contributed by atoms with Crippen molar-refractivity contribution in [1.82, 2.24) is 14.9 Å². The number of aryl methyl sites for hydroxylation is 1. The van der Waals surface area contributed by atoms with E-state index in [9.17, 15) is 0 Å². The first-order valence-electron chi connectivity index (χ1n) is 6.75. The first-order valence-corrected chi connectivity index (χ1v) is 6.75. The zero-order valence-electron chi connectivity index (χ0n) is 11.5. The van der Waals surface area contributed by atoms with Gasteiger partial charge >= 0.3 is 0 Å². The van der Waals surface area contributed by atoms with E-state index in [-0.39, 0.29) is 0 Å². The maximum atomic E-state index is 5.78. The molecule has 2 aromatic rings. The van der Waals surface area contributed by atoms with Crippen molar-refractivity contribution in [2.75, 3.05) is 13.1 Å². The van der Waals surface area contributed by atoms with Crippen molar-refractivity contribution in [3.63, 3.8) is 0 Å². The number of amidine groups is 1. The molecule has 0 aliphatic carbocycles. The van der Waals surface area contributed by atoms with Crippen LogP contribution >= 0.6 is 0 Å². The van der Waals surface area contributed by atoms with Crippen LogP contribution in [0.5, 0.6) is 0 Å². The average Bonchev–Trinajstić information content (AvgIpc) is 3.12. The smallest absolute Gasteiger partial charge is 0.134 e. The van der Waals surface area contributed by atoms with Crippen LogP contribution in [0.4, 0.5) is 0 Å². The molecular formula is C15H18N4O. The van der Waals surface area contributed by atoms with Crippen LogP contribution < -0.4 is 5.32 Å². The number of nitrogens with zero attached hydrogens (tertiary/aromatic N) is 3. The molecule has 0 saturated heterocycles. The first-order chi connectivity index (χ1) is 9.84. The van der Waals surface area contributed by atoms with E-state index in [2.05, 4.69) is 27.4 Å². The van der Waals surface area contributed by atoms with Crippen LogP contribution in [-0.2, 0) is 25.0 Å². The van der Waals surface area contributed by atoms with Gasteiger partial charge in [-0.1, -0.05) is 24.3 Å². The predicted molar refractivity (Wildman–Crippen MR) is 77.5 cm³/mol. The number of hydrogen-bond acceptors (Lipinski definition) is 4. The van der Waals surface area contributed by atoms with Gasteiger partial charge in [-0.2, -0.15) is 0 Å². The molecule has 1 aliphatic heterocycles. The Kier molecular flexibility index (Phi) is 3.78. The van der Waals surface area contributed by atoms with Crippen molar-refractivity contribution in [1.29, 1.82) is 0 Å². The number of nitrogens with one attached hydrogen (secondary N) is 1. The molecule has 2 heterocycles. The Morgan fingerprint density at radius 3 is 2.95 bits per heavy atom. The lowest BCUT2D eigenvalue weighted by molar-refractivity contribution is 0.0999. The van der Waals surface area contributed by atoms with Gasteiger partial charge in [-0.3, -0.25) is 4.99 Å². The van der Waals surface area contributed by atoms with Crippen LogP contribution in [0.2, 0.25) is 0 Å². The fraction of sp³-hybridized carbons (Fsp3) is 0.333. The number of benzene rings is 1. The minimum Gasteiger partial charge on any atom is -0.369 e. The Morgan fingerprint density at radius 2 is 2.20 bits per heavy atom. The summed E-state index contributed by atoms with van der Waals surface area (Å²) in [4.78, 5) is 8.72. The lowest BCUT2D eigenvalue weighted by Gasteiger charge is -2.10. The third kappa shape index (κ3) is 2.72. The zero-order chi connectivity index (χ0) is 13.8. The molecule has 5 nitrogen and oxygen atoms in total. The molecule has 0 fully saturated rings. The summed E-state index contributed by atoms with van der Waals surface area (Å²) in [7, 11) is 1.97. The second kappa shape index (κ2) is 5.88. The van der Waals surface area contributed by atoms with Gasteiger partial charge in [0.15, 0.2) is 0 Å². The summed E-state index contributed by atoms with van der Waals surface area (Å²) in [6, 6.07) is 8.21. The van der Waals surface area contributed by atoms with Gasteiger partial charge in [0.05, 0.1) is 13.2 Å². The fourth-order valence-electron chi connectivity index (χ4n) is 2.24. The highest BCUT2D eigenvalue weighted by atomic mass is 16.5. The Bertz CT molecular complexity index is 618. The standard InChI is InChI=1S/C15H18N4O/c1-19-9-8-16-14(19)11-20-10-12-4-2-3-5-13(12)15-17-6-7-18-15/h2-5,8-9H,6-7,10-11H2,1H3,(H,17,18). The minimum atomic E-state index is 0.512. The molecule has 1 N–H and O–H groups in total. The number of ether oxygens (including phenoxy) is 1. The van der Waals surface area contributed by atoms with Gasteiger partial charge < -0.3 is 14.6 Å². The van der Waals surface area contributed by atoms with Gasteiger partial charge in [-0.05, 0) is 5.56 Å². The summed E-state index contributed by atoms with van der Waals surface area (Å²) in [6.07, 6.45) is 3.70. The Hall–Kier alpha value is -2.14. The molecule has 104 valence electrons. The topological polar surface area (TPSA) is 51.4 Å². The third-order valence-corrected chi connectivity index (χ3v) is 3.36. The summed E-state index contributed by atoms with van der Waals surface area (Å²) in [6.45, 7) is 2.83. The predicted octanol–water partition coefficient (Wildman–Crippen LogP) is 1.49. The number of rotatable bonds is 5. The summed E-state index contributed by atoms with van der Waals surface area (Å²) >= 11 is 0. The largest absolute Gasteiger partial charge is 0.369 e. The van der Waals surface area contributed by atoms with E-state index in [1.807, 2.05) is 29.9 Å². The fourth-order valence-corrected chi connectivity index (χ4v) is 2.24. The number of hydrogen-bond donors (Lipinski definition) is 1. The van der Waals surface area contributed by atoms with E-state index in [1.165, 1.54) is 0 Å². The molecule has 0 unspecified atom stereocenters. The van der Waals surface area contributed by atoms with Crippen molar-refractivity contribution in [2.45, 2.75) is 13.2 Å². The molecule has 0 saturated carbocycles. The SMILES string of the molecule is Cn1ccnc1COCc1ccccc1C1=NCCN1. The van der Waals surface area contributed by atoms with E-state index in [0.29, 0.717) is 13.2 Å². The van der Waals surface area contributed by atoms with Crippen LogP contribution in [0.15, 0.2) is 41.7 Å². The van der Waals surface area contributed by atoms with Crippen molar-refractivity contribution in [3.8, 4) is 0 Å². The Balaban J connectivity index is 1.67. The molecule has 5 heteroatoms. The number of aromatic nitrogens is 2. The van der Waals surface area contributed by atoms with Gasteiger partial charge in [0.2, 0.25) is 0 Å².